The van der Waals surface area contributed by atoms with Crippen LogP contribution in [0.25, 0.3) is 11.6 Å². The number of nitrogens with one attached hydrogen (secondary N) is 1. The monoisotopic (exact) mass is 608 g/mol. The summed E-state index contributed by atoms with van der Waals surface area (Å²) >= 11 is 0. The van der Waals surface area contributed by atoms with Gasteiger partial charge in [0, 0.05) is 19.3 Å². The number of anilines is 1. The molecule has 226 valence electrons. The zero-order valence-corrected chi connectivity index (χ0v) is 21.2. The minimum absolute atomic E-state index is 0.0137. The molecule has 0 aliphatic carbocycles. The van der Waals surface area contributed by atoms with Crippen molar-refractivity contribution in [2.24, 2.45) is 0 Å². The van der Waals surface area contributed by atoms with Crippen molar-refractivity contribution in [1.82, 2.24) is 15.2 Å². The molecule has 42 heavy (non-hydrogen) atoms. The lowest BCUT2D eigenvalue weighted by atomic mass is 9.93. The average Bonchev–Trinajstić information content (AvgIpc) is 3.38. The third kappa shape index (κ3) is 6.34. The van der Waals surface area contributed by atoms with Gasteiger partial charge >= 0.3 is 18.4 Å². The van der Waals surface area contributed by atoms with Gasteiger partial charge in [0.05, 0.1) is 17.9 Å². The Bertz CT molecular complexity index is 1460. The molecule has 1 amide bonds. The number of Topliss-reactive ketones (excluding diaryl/α,β-unsaturated/α-hetero) is 1. The molecule has 0 radical (unpaired) electrons. The minimum Gasteiger partial charge on any atom is -0.465 e. The van der Waals surface area contributed by atoms with Crippen LogP contribution in [0, 0.1) is 0 Å². The molecule has 4 bridgehead atoms. The highest BCUT2D eigenvalue weighted by Gasteiger charge is 2.61. The van der Waals surface area contributed by atoms with Crippen LogP contribution < -0.4 is 5.32 Å². The molecule has 0 unspecified atom stereocenters. The normalized spacial score (nSPS) is 19.7. The Hall–Kier alpha value is -4.15. The van der Waals surface area contributed by atoms with Gasteiger partial charge in [-0.2, -0.15) is 35.1 Å². The lowest BCUT2D eigenvalue weighted by Crippen LogP contribution is -2.45. The van der Waals surface area contributed by atoms with E-state index in [1.54, 1.807) is 6.07 Å². The molecule has 1 aromatic carbocycles. The maximum atomic E-state index is 15.1. The Labute approximate surface area is 230 Å². The van der Waals surface area contributed by atoms with Crippen molar-refractivity contribution in [1.29, 1.82) is 0 Å². The number of alkyl halides is 8. The Balaban J connectivity index is 1.96. The summed E-state index contributed by atoms with van der Waals surface area (Å²) in [6, 6.07) is 7.60. The lowest BCUT2D eigenvalue weighted by Gasteiger charge is -2.32. The van der Waals surface area contributed by atoms with Crippen molar-refractivity contribution in [2.45, 2.75) is 62.6 Å². The lowest BCUT2D eigenvalue weighted by molar-refractivity contribution is -0.300. The number of benzene rings is 1. The van der Waals surface area contributed by atoms with E-state index in [9.17, 15) is 35.9 Å². The molecule has 2 N–H and O–H groups in total. The number of fused-ring (bicyclic) bond motifs is 5. The summed E-state index contributed by atoms with van der Waals surface area (Å²) in [4.78, 5) is 26.9. The number of hydrogen-bond acceptors (Lipinski definition) is 7. The highest BCUT2D eigenvalue weighted by Crippen LogP contribution is 2.48. The first-order valence-electron chi connectivity index (χ1n) is 12.1. The Kier molecular flexibility index (Phi) is 8.26. The fourth-order valence-electron chi connectivity index (χ4n) is 4.30. The molecule has 4 rings (SSSR count). The summed E-state index contributed by atoms with van der Waals surface area (Å²) in [6.07, 6.45) is -17.3. The third-order valence-electron chi connectivity index (χ3n) is 6.38. The molecule has 0 spiro atoms. The highest BCUT2D eigenvalue weighted by molar-refractivity contribution is 5.88. The Morgan fingerprint density at radius 3 is 2.36 bits per heavy atom. The van der Waals surface area contributed by atoms with E-state index < -0.39 is 109 Å². The van der Waals surface area contributed by atoms with E-state index in [1.807, 2.05) is 0 Å². The van der Waals surface area contributed by atoms with E-state index >= 15 is 8.78 Å². The van der Waals surface area contributed by atoms with E-state index in [4.69, 9.17) is 14.3 Å². The minimum atomic E-state index is -5.48. The van der Waals surface area contributed by atoms with Gasteiger partial charge in [0.25, 0.3) is 17.7 Å². The van der Waals surface area contributed by atoms with E-state index in [1.165, 1.54) is 29.6 Å². The van der Waals surface area contributed by atoms with Gasteiger partial charge in [0.15, 0.2) is 5.69 Å². The van der Waals surface area contributed by atoms with Crippen molar-refractivity contribution < 1.29 is 59.0 Å². The molecular weight excluding hydrogens is 588 g/mol. The number of carbonyl (C=O) groups is 2. The quantitative estimate of drug-likeness (QED) is 0.308. The first-order chi connectivity index (χ1) is 19.5. The fraction of sp³-hybridized carbons (Fsp3) is 0.400. The van der Waals surface area contributed by atoms with Gasteiger partial charge in [-0.1, -0.05) is 30.3 Å². The van der Waals surface area contributed by atoms with Crippen molar-refractivity contribution in [3.05, 3.63) is 59.1 Å². The maximum Gasteiger partial charge on any atom is 0.426 e. The molecule has 3 aromatic rings. The van der Waals surface area contributed by atoms with Crippen molar-refractivity contribution in [2.75, 3.05) is 5.32 Å². The van der Waals surface area contributed by atoms with Crippen LogP contribution in [-0.4, -0.2) is 38.3 Å². The molecule has 1 aliphatic rings. The van der Waals surface area contributed by atoms with Crippen LogP contribution in [0.1, 0.15) is 54.8 Å². The van der Waals surface area contributed by atoms with E-state index in [0.717, 1.165) is 0 Å². The summed E-state index contributed by atoms with van der Waals surface area (Å²) < 4.78 is 126. The van der Waals surface area contributed by atoms with E-state index in [0.29, 0.717) is 5.56 Å². The summed E-state index contributed by atoms with van der Waals surface area (Å²) in [5.41, 5.74) is -9.17. The fourth-order valence-corrected chi connectivity index (χ4v) is 4.30. The standard InChI is InChI=1S/C25H20F8N4O5/c26-23(27)10-8-14(38)7-4-9-22(25(31,32)33,41-12-13-5-2-1-3-6-13)20-37-36-19(42-20)17-16(34-21(39)40)11-15(18(23)35-17)24(28,29)30/h1-3,5-6,11,34H,4,7-10,12H2,(H,39,40)/t22-/m1/s1. The molecule has 1 aliphatic heterocycles. The smallest absolute Gasteiger partial charge is 0.426 e. The van der Waals surface area contributed by atoms with Gasteiger partial charge in [-0.25, -0.2) is 9.78 Å². The zero-order valence-electron chi connectivity index (χ0n) is 21.2. The number of pyridine rings is 1. The molecule has 17 heteroatoms. The largest absolute Gasteiger partial charge is 0.465 e. The second-order valence-corrected chi connectivity index (χ2v) is 9.32. The average molecular weight is 608 g/mol. The first kappa shape index (κ1) is 30.8. The number of ketones is 1. The maximum absolute atomic E-state index is 15.1. The van der Waals surface area contributed by atoms with Crippen LogP contribution in [0.15, 0.2) is 40.8 Å². The summed E-state index contributed by atoms with van der Waals surface area (Å²) in [7, 11) is 0. The van der Waals surface area contributed by atoms with Crippen molar-refractivity contribution >= 4 is 17.6 Å². The number of rotatable bonds is 4. The summed E-state index contributed by atoms with van der Waals surface area (Å²) in [5.74, 6) is -7.68. The molecule has 9 nitrogen and oxygen atoms in total. The van der Waals surface area contributed by atoms with Crippen LogP contribution in [0.3, 0.4) is 0 Å². The molecule has 0 saturated heterocycles. The van der Waals surface area contributed by atoms with Gasteiger partial charge in [0.1, 0.15) is 11.5 Å². The number of ether oxygens (including phenoxy) is 1. The summed E-state index contributed by atoms with van der Waals surface area (Å²) in [5, 5.41) is 17.4. The number of carbonyl (C=O) groups excluding carboxylic acids is 1. The number of nitrogens with zero attached hydrogens (tertiary/aromatic N) is 3. The number of halogens is 8. The number of carboxylic acid groups (broad SMARTS) is 1. The second-order valence-electron chi connectivity index (χ2n) is 9.32. The van der Waals surface area contributed by atoms with Gasteiger partial charge in [-0.05, 0) is 24.5 Å². The van der Waals surface area contributed by atoms with Crippen molar-refractivity contribution in [3.8, 4) is 11.6 Å². The molecule has 1 atom stereocenters. The van der Waals surface area contributed by atoms with Gasteiger partial charge < -0.3 is 14.3 Å². The highest BCUT2D eigenvalue weighted by atomic mass is 19.4. The van der Waals surface area contributed by atoms with E-state index in [-0.39, 0.29) is 6.07 Å². The van der Waals surface area contributed by atoms with E-state index in [2.05, 4.69) is 15.2 Å². The number of amides is 1. The molecule has 3 heterocycles. The first-order valence-corrected chi connectivity index (χ1v) is 12.1. The zero-order chi connectivity index (χ0) is 30.9. The Morgan fingerprint density at radius 2 is 1.74 bits per heavy atom. The summed E-state index contributed by atoms with van der Waals surface area (Å²) in [6.45, 7) is -0.632. The van der Waals surface area contributed by atoms with Crippen LogP contribution >= 0.6 is 0 Å². The molecule has 0 saturated carbocycles. The predicted molar refractivity (Wildman–Crippen MR) is 125 cm³/mol. The molecular formula is C25H20F8N4O5. The second kappa shape index (κ2) is 11.3. The van der Waals surface area contributed by atoms with Crippen LogP contribution in [0.5, 0.6) is 0 Å². The molecule has 2 aromatic heterocycles. The van der Waals surface area contributed by atoms with Crippen LogP contribution in [0.4, 0.5) is 45.6 Å². The van der Waals surface area contributed by atoms with Crippen molar-refractivity contribution in [3.63, 3.8) is 0 Å². The number of hydrogen-bond donors (Lipinski definition) is 2. The number of aromatic nitrogens is 3. The third-order valence-corrected chi connectivity index (χ3v) is 6.38. The van der Waals surface area contributed by atoms with Gasteiger partial charge in [-0.15, -0.1) is 10.2 Å². The predicted octanol–water partition coefficient (Wildman–Crippen LogP) is 6.84. The van der Waals surface area contributed by atoms with Crippen LogP contribution in [0.2, 0.25) is 0 Å². The Morgan fingerprint density at radius 1 is 1.05 bits per heavy atom. The molecule has 0 fully saturated rings. The van der Waals surface area contributed by atoms with Gasteiger partial charge in [0.2, 0.25) is 5.60 Å². The SMILES string of the molecule is O=C1CCC[C@](OCc2ccccc2)(C(F)(F)F)c2nnc(o2)-c2nc(c(C(F)(F)F)cc2NC(=O)O)C(F)(F)CC1. The topological polar surface area (TPSA) is 127 Å². The van der Waals surface area contributed by atoms with Gasteiger partial charge in [-0.3, -0.25) is 10.1 Å². The van der Waals surface area contributed by atoms with Crippen LogP contribution in [-0.2, 0) is 33.8 Å².